The van der Waals surface area contributed by atoms with Crippen molar-refractivity contribution < 1.29 is 9.90 Å². The molecule has 1 saturated carbocycles. The average Bonchev–Trinajstić information content (AvgIpc) is 3.14. The van der Waals surface area contributed by atoms with Gasteiger partial charge in [0.25, 0.3) is 0 Å². The van der Waals surface area contributed by atoms with Crippen LogP contribution in [0.4, 0.5) is 0 Å². The maximum absolute atomic E-state index is 11.6. The van der Waals surface area contributed by atoms with E-state index in [9.17, 15) is 4.79 Å². The molecule has 2 rings (SSSR count). The van der Waals surface area contributed by atoms with Crippen molar-refractivity contribution in [2.75, 3.05) is 19.7 Å². The number of carbonyl (C=O) groups excluding carboxylic acids is 1. The first-order valence-corrected chi connectivity index (χ1v) is 6.94. The monoisotopic (exact) mass is 240 g/mol. The maximum atomic E-state index is 11.6. The van der Waals surface area contributed by atoms with Gasteiger partial charge in [0.15, 0.2) is 0 Å². The zero-order chi connectivity index (χ0) is 12.1. The van der Waals surface area contributed by atoms with Crippen LogP contribution in [0.2, 0.25) is 0 Å². The number of piperidine rings is 1. The Hall–Kier alpha value is -0.610. The Morgan fingerprint density at radius 2 is 1.88 bits per heavy atom. The van der Waals surface area contributed by atoms with Crippen LogP contribution in [-0.2, 0) is 4.79 Å². The van der Waals surface area contributed by atoms with Crippen molar-refractivity contribution in [2.45, 2.75) is 57.0 Å². The van der Waals surface area contributed by atoms with E-state index in [2.05, 4.69) is 10.2 Å². The van der Waals surface area contributed by atoms with Crippen molar-refractivity contribution in [3.05, 3.63) is 0 Å². The number of likely N-dealkylation sites (tertiary alicyclic amines) is 1. The number of amides is 1. The first kappa shape index (κ1) is 12.8. The van der Waals surface area contributed by atoms with Crippen LogP contribution in [0, 0.1) is 0 Å². The second kappa shape index (κ2) is 6.36. The van der Waals surface area contributed by atoms with Gasteiger partial charge in [-0.2, -0.15) is 0 Å². The molecule has 0 aromatic heterocycles. The second-order valence-corrected chi connectivity index (χ2v) is 5.29. The number of carbonyl (C=O) groups is 1. The molecule has 4 heteroatoms. The predicted molar refractivity (Wildman–Crippen MR) is 66.7 cm³/mol. The molecule has 1 aliphatic carbocycles. The molecule has 2 N–H and O–H groups in total. The van der Waals surface area contributed by atoms with Crippen molar-refractivity contribution >= 4 is 5.91 Å². The van der Waals surface area contributed by atoms with Gasteiger partial charge in [-0.15, -0.1) is 0 Å². The van der Waals surface area contributed by atoms with Crippen LogP contribution >= 0.6 is 0 Å². The highest BCUT2D eigenvalue weighted by Crippen LogP contribution is 2.29. The van der Waals surface area contributed by atoms with Crippen LogP contribution in [-0.4, -0.2) is 47.7 Å². The molecule has 0 bridgehead atoms. The van der Waals surface area contributed by atoms with Crippen molar-refractivity contribution in [3.63, 3.8) is 0 Å². The molecule has 2 aliphatic rings. The Labute approximate surface area is 103 Å². The number of unbranched alkanes of at least 4 members (excludes halogenated alkanes) is 1. The van der Waals surface area contributed by atoms with Gasteiger partial charge in [0.2, 0.25) is 5.91 Å². The molecular weight excluding hydrogens is 216 g/mol. The third kappa shape index (κ3) is 4.28. The van der Waals surface area contributed by atoms with Crippen molar-refractivity contribution in [1.29, 1.82) is 0 Å². The lowest BCUT2D eigenvalue weighted by Crippen LogP contribution is -2.45. The summed E-state index contributed by atoms with van der Waals surface area (Å²) in [5.41, 5.74) is 0. The van der Waals surface area contributed by atoms with Gasteiger partial charge in [0.1, 0.15) is 0 Å². The van der Waals surface area contributed by atoms with E-state index in [0.717, 1.165) is 44.8 Å². The molecule has 0 atom stereocenters. The Kier molecular flexibility index (Phi) is 4.80. The molecule has 2 fully saturated rings. The third-order valence-corrected chi connectivity index (χ3v) is 3.77. The summed E-state index contributed by atoms with van der Waals surface area (Å²) in [6, 6.07) is 1.24. The lowest BCUT2D eigenvalue weighted by Gasteiger charge is -2.32. The summed E-state index contributed by atoms with van der Waals surface area (Å²) in [6.07, 6.45) is 7.03. The highest BCUT2D eigenvalue weighted by molar-refractivity contribution is 5.76. The summed E-state index contributed by atoms with van der Waals surface area (Å²) in [7, 11) is 0. The van der Waals surface area contributed by atoms with Crippen LogP contribution in [0.3, 0.4) is 0 Å². The summed E-state index contributed by atoms with van der Waals surface area (Å²) >= 11 is 0. The molecular formula is C13H24N2O2. The largest absolute Gasteiger partial charge is 0.396 e. The lowest BCUT2D eigenvalue weighted by atomic mass is 10.0. The van der Waals surface area contributed by atoms with Gasteiger partial charge in [0, 0.05) is 38.2 Å². The first-order chi connectivity index (χ1) is 8.29. The fraction of sp³-hybridized carbons (Fsp3) is 0.923. The van der Waals surface area contributed by atoms with Crippen molar-refractivity contribution in [2.24, 2.45) is 0 Å². The summed E-state index contributed by atoms with van der Waals surface area (Å²) in [4.78, 5) is 14.2. The first-order valence-electron chi connectivity index (χ1n) is 6.94. The second-order valence-electron chi connectivity index (χ2n) is 5.29. The molecule has 4 nitrogen and oxygen atoms in total. The minimum atomic E-state index is 0.156. The van der Waals surface area contributed by atoms with E-state index >= 15 is 0 Å². The molecule has 0 radical (unpaired) electrons. The molecule has 1 heterocycles. The average molecular weight is 240 g/mol. The van der Waals surface area contributed by atoms with Gasteiger partial charge in [-0.1, -0.05) is 0 Å². The van der Waals surface area contributed by atoms with E-state index in [1.165, 1.54) is 12.8 Å². The van der Waals surface area contributed by atoms with Crippen molar-refractivity contribution in [3.8, 4) is 0 Å². The molecule has 0 spiro atoms. The molecule has 1 amide bonds. The number of aliphatic hydroxyl groups excluding tert-OH is 1. The van der Waals surface area contributed by atoms with E-state index in [1.54, 1.807) is 0 Å². The minimum Gasteiger partial charge on any atom is -0.396 e. The fourth-order valence-corrected chi connectivity index (χ4v) is 2.55. The highest BCUT2D eigenvalue weighted by Gasteiger charge is 2.31. The number of rotatable bonds is 6. The van der Waals surface area contributed by atoms with Crippen LogP contribution in [0.15, 0.2) is 0 Å². The molecule has 1 saturated heterocycles. The van der Waals surface area contributed by atoms with Crippen molar-refractivity contribution in [1.82, 2.24) is 10.2 Å². The summed E-state index contributed by atoms with van der Waals surface area (Å²) in [6.45, 7) is 2.48. The Balaban J connectivity index is 1.58. The quantitative estimate of drug-likeness (QED) is 0.678. The SMILES string of the molecule is O=C(CCCCO)NC1CCN(C2CC2)CC1. The predicted octanol–water partition coefficient (Wildman–Crippen LogP) is 0.892. The smallest absolute Gasteiger partial charge is 0.220 e. The van der Waals surface area contributed by atoms with Crippen LogP contribution < -0.4 is 5.32 Å². The summed E-state index contributed by atoms with van der Waals surface area (Å²) in [5, 5.41) is 11.8. The Morgan fingerprint density at radius 3 is 2.47 bits per heavy atom. The normalized spacial score (nSPS) is 22.6. The van der Waals surface area contributed by atoms with E-state index in [-0.39, 0.29) is 12.5 Å². The summed E-state index contributed by atoms with van der Waals surface area (Å²) in [5.74, 6) is 0.156. The maximum Gasteiger partial charge on any atom is 0.220 e. The van der Waals surface area contributed by atoms with Gasteiger partial charge in [0.05, 0.1) is 0 Å². The Bertz CT molecular complexity index is 246. The topological polar surface area (TPSA) is 52.6 Å². The van der Waals surface area contributed by atoms with Gasteiger partial charge in [-0.05, 0) is 38.5 Å². The number of hydrogen-bond acceptors (Lipinski definition) is 3. The van der Waals surface area contributed by atoms with Crippen LogP contribution in [0.5, 0.6) is 0 Å². The highest BCUT2D eigenvalue weighted by atomic mass is 16.2. The number of nitrogens with zero attached hydrogens (tertiary/aromatic N) is 1. The molecule has 0 unspecified atom stereocenters. The van der Waals surface area contributed by atoms with E-state index < -0.39 is 0 Å². The zero-order valence-electron chi connectivity index (χ0n) is 10.5. The Morgan fingerprint density at radius 1 is 1.18 bits per heavy atom. The van der Waals surface area contributed by atoms with Crippen LogP contribution in [0.1, 0.15) is 44.9 Å². The number of aliphatic hydroxyl groups is 1. The third-order valence-electron chi connectivity index (χ3n) is 3.77. The summed E-state index contributed by atoms with van der Waals surface area (Å²) < 4.78 is 0. The molecule has 0 aromatic rings. The van der Waals surface area contributed by atoms with Gasteiger partial charge >= 0.3 is 0 Å². The lowest BCUT2D eigenvalue weighted by molar-refractivity contribution is -0.122. The van der Waals surface area contributed by atoms with Gasteiger partial charge in [-0.3, -0.25) is 4.79 Å². The molecule has 17 heavy (non-hydrogen) atoms. The molecule has 0 aromatic carbocycles. The molecule has 1 aliphatic heterocycles. The fourth-order valence-electron chi connectivity index (χ4n) is 2.55. The van der Waals surface area contributed by atoms with E-state index in [0.29, 0.717) is 12.5 Å². The van der Waals surface area contributed by atoms with E-state index in [4.69, 9.17) is 5.11 Å². The minimum absolute atomic E-state index is 0.156. The van der Waals surface area contributed by atoms with Gasteiger partial charge < -0.3 is 15.3 Å². The molecule has 98 valence electrons. The van der Waals surface area contributed by atoms with E-state index in [1.807, 2.05) is 0 Å². The number of nitrogens with one attached hydrogen (secondary N) is 1. The van der Waals surface area contributed by atoms with Crippen LogP contribution in [0.25, 0.3) is 0 Å². The standard InChI is InChI=1S/C13H24N2O2/c16-10-2-1-3-13(17)14-11-6-8-15(9-7-11)12-4-5-12/h11-12,16H,1-10H2,(H,14,17). The number of hydrogen-bond donors (Lipinski definition) is 2. The van der Waals surface area contributed by atoms with Gasteiger partial charge in [-0.25, -0.2) is 0 Å². The zero-order valence-corrected chi connectivity index (χ0v) is 10.5.